The van der Waals surface area contributed by atoms with Crippen LogP contribution in [0.2, 0.25) is 0 Å². The Labute approximate surface area is 112 Å². The summed E-state index contributed by atoms with van der Waals surface area (Å²) in [6, 6.07) is 16.2. The van der Waals surface area contributed by atoms with Crippen LogP contribution in [-0.4, -0.2) is 9.55 Å². The van der Waals surface area contributed by atoms with Gasteiger partial charge in [-0.05, 0) is 30.7 Å². The van der Waals surface area contributed by atoms with Gasteiger partial charge in [-0.3, -0.25) is 0 Å². The quantitative estimate of drug-likeness (QED) is 0.721. The molecule has 19 heavy (non-hydrogen) atoms. The number of aromatic nitrogens is 2. The number of hydrogen-bond acceptors (Lipinski definition) is 2. The lowest BCUT2D eigenvalue weighted by Crippen LogP contribution is -2.00. The SMILES string of the molecule is CCCn1c(-c2cccc(N)c2)nc2ccccc21. The van der Waals surface area contributed by atoms with E-state index in [2.05, 4.69) is 35.8 Å². The predicted molar refractivity (Wildman–Crippen MR) is 79.9 cm³/mol. The third kappa shape index (κ3) is 2.08. The molecule has 0 amide bonds. The Hall–Kier alpha value is -2.29. The number of nitrogens with two attached hydrogens (primary N) is 1. The molecule has 0 fully saturated rings. The molecule has 3 heteroatoms. The van der Waals surface area contributed by atoms with Gasteiger partial charge in [-0.2, -0.15) is 0 Å². The van der Waals surface area contributed by atoms with Gasteiger partial charge in [-0.15, -0.1) is 0 Å². The molecular weight excluding hydrogens is 234 g/mol. The summed E-state index contributed by atoms with van der Waals surface area (Å²) in [4.78, 5) is 4.75. The number of para-hydroxylation sites is 2. The van der Waals surface area contributed by atoms with E-state index in [1.54, 1.807) is 0 Å². The smallest absolute Gasteiger partial charge is 0.141 e. The highest BCUT2D eigenvalue weighted by Crippen LogP contribution is 2.26. The fraction of sp³-hybridized carbons (Fsp3) is 0.188. The Balaban J connectivity index is 2.25. The van der Waals surface area contributed by atoms with E-state index in [1.807, 2.05) is 24.3 Å². The van der Waals surface area contributed by atoms with Crippen molar-refractivity contribution in [3.8, 4) is 11.4 Å². The van der Waals surface area contributed by atoms with Crippen molar-refractivity contribution in [3.05, 3.63) is 48.5 Å². The number of hydrogen-bond donors (Lipinski definition) is 1. The molecule has 1 aromatic heterocycles. The van der Waals surface area contributed by atoms with E-state index >= 15 is 0 Å². The maximum Gasteiger partial charge on any atom is 0.141 e. The van der Waals surface area contributed by atoms with Crippen molar-refractivity contribution >= 4 is 16.7 Å². The summed E-state index contributed by atoms with van der Waals surface area (Å²) in [6.07, 6.45) is 1.08. The average Bonchev–Trinajstić information content (AvgIpc) is 2.79. The van der Waals surface area contributed by atoms with Crippen molar-refractivity contribution in [2.24, 2.45) is 0 Å². The monoisotopic (exact) mass is 251 g/mol. The largest absolute Gasteiger partial charge is 0.399 e. The molecule has 3 rings (SSSR count). The number of benzene rings is 2. The van der Waals surface area contributed by atoms with E-state index in [4.69, 9.17) is 10.7 Å². The van der Waals surface area contributed by atoms with E-state index in [0.29, 0.717) is 0 Å². The minimum absolute atomic E-state index is 0.771. The fourth-order valence-corrected chi connectivity index (χ4v) is 2.42. The molecule has 0 unspecified atom stereocenters. The second-order valence-electron chi connectivity index (χ2n) is 4.70. The Kier molecular flexibility index (Phi) is 2.95. The molecule has 96 valence electrons. The highest BCUT2D eigenvalue weighted by atomic mass is 15.1. The number of aryl methyl sites for hydroxylation is 1. The Bertz CT molecular complexity index is 713. The van der Waals surface area contributed by atoms with E-state index in [-0.39, 0.29) is 0 Å². The number of anilines is 1. The van der Waals surface area contributed by atoms with E-state index in [0.717, 1.165) is 35.6 Å². The molecule has 0 radical (unpaired) electrons. The van der Waals surface area contributed by atoms with Crippen molar-refractivity contribution in [3.63, 3.8) is 0 Å². The molecule has 3 nitrogen and oxygen atoms in total. The molecule has 0 aliphatic rings. The van der Waals surface area contributed by atoms with Crippen LogP contribution in [0, 0.1) is 0 Å². The molecule has 2 N–H and O–H groups in total. The van der Waals surface area contributed by atoms with Gasteiger partial charge < -0.3 is 10.3 Å². The van der Waals surface area contributed by atoms with Gasteiger partial charge >= 0.3 is 0 Å². The maximum atomic E-state index is 5.88. The van der Waals surface area contributed by atoms with Crippen LogP contribution in [0.3, 0.4) is 0 Å². The van der Waals surface area contributed by atoms with Crippen molar-refractivity contribution in [2.45, 2.75) is 19.9 Å². The first-order valence-electron chi connectivity index (χ1n) is 6.61. The first-order valence-corrected chi connectivity index (χ1v) is 6.61. The van der Waals surface area contributed by atoms with Gasteiger partial charge in [0.05, 0.1) is 11.0 Å². The van der Waals surface area contributed by atoms with Gasteiger partial charge in [0.25, 0.3) is 0 Å². The van der Waals surface area contributed by atoms with Crippen LogP contribution in [0.25, 0.3) is 22.4 Å². The summed E-state index contributed by atoms with van der Waals surface area (Å²) in [5.74, 6) is 0.996. The van der Waals surface area contributed by atoms with Crippen LogP contribution in [0.4, 0.5) is 5.69 Å². The van der Waals surface area contributed by atoms with Crippen molar-refractivity contribution in [1.82, 2.24) is 9.55 Å². The number of fused-ring (bicyclic) bond motifs is 1. The summed E-state index contributed by atoms with van der Waals surface area (Å²) in [7, 11) is 0. The van der Waals surface area contributed by atoms with Gasteiger partial charge in [0.1, 0.15) is 5.82 Å². The fourth-order valence-electron chi connectivity index (χ4n) is 2.42. The Morgan fingerprint density at radius 1 is 1.11 bits per heavy atom. The first-order chi connectivity index (χ1) is 9.29. The van der Waals surface area contributed by atoms with Crippen molar-refractivity contribution in [1.29, 1.82) is 0 Å². The zero-order valence-corrected chi connectivity index (χ0v) is 11.0. The summed E-state index contributed by atoms with van der Waals surface area (Å²) in [6.45, 7) is 3.14. The van der Waals surface area contributed by atoms with Gasteiger partial charge in [-0.1, -0.05) is 31.2 Å². The second kappa shape index (κ2) is 4.76. The maximum absolute atomic E-state index is 5.88. The van der Waals surface area contributed by atoms with Crippen LogP contribution in [0.5, 0.6) is 0 Å². The number of imidazole rings is 1. The van der Waals surface area contributed by atoms with E-state index in [9.17, 15) is 0 Å². The minimum Gasteiger partial charge on any atom is -0.399 e. The zero-order chi connectivity index (χ0) is 13.2. The van der Waals surface area contributed by atoms with Gasteiger partial charge in [0, 0.05) is 17.8 Å². The lowest BCUT2D eigenvalue weighted by molar-refractivity contribution is 0.704. The Morgan fingerprint density at radius 3 is 2.74 bits per heavy atom. The number of nitrogen functional groups attached to an aromatic ring is 1. The second-order valence-corrected chi connectivity index (χ2v) is 4.70. The van der Waals surface area contributed by atoms with Crippen LogP contribution in [0.1, 0.15) is 13.3 Å². The topological polar surface area (TPSA) is 43.8 Å². The molecule has 0 atom stereocenters. The molecule has 0 saturated heterocycles. The van der Waals surface area contributed by atoms with E-state index < -0.39 is 0 Å². The molecule has 1 heterocycles. The molecule has 0 aliphatic carbocycles. The summed E-state index contributed by atoms with van der Waals surface area (Å²) < 4.78 is 2.27. The highest BCUT2D eigenvalue weighted by molar-refractivity contribution is 5.81. The number of rotatable bonds is 3. The van der Waals surface area contributed by atoms with Crippen LogP contribution in [0.15, 0.2) is 48.5 Å². The zero-order valence-electron chi connectivity index (χ0n) is 11.0. The molecular formula is C16H17N3. The lowest BCUT2D eigenvalue weighted by atomic mass is 10.2. The average molecular weight is 251 g/mol. The van der Waals surface area contributed by atoms with Gasteiger partial charge in [0.15, 0.2) is 0 Å². The van der Waals surface area contributed by atoms with E-state index in [1.165, 1.54) is 5.52 Å². The summed E-state index contributed by atoms with van der Waals surface area (Å²) >= 11 is 0. The van der Waals surface area contributed by atoms with Gasteiger partial charge in [-0.25, -0.2) is 4.98 Å². The van der Waals surface area contributed by atoms with Crippen LogP contribution >= 0.6 is 0 Å². The van der Waals surface area contributed by atoms with Gasteiger partial charge in [0.2, 0.25) is 0 Å². The molecule has 3 aromatic rings. The standard InChI is InChI=1S/C16H17N3/c1-2-10-19-15-9-4-3-8-14(15)18-16(19)12-6-5-7-13(17)11-12/h3-9,11H,2,10,17H2,1H3. The van der Waals surface area contributed by atoms with Crippen molar-refractivity contribution < 1.29 is 0 Å². The molecule has 0 bridgehead atoms. The normalized spacial score (nSPS) is 11.0. The molecule has 2 aromatic carbocycles. The third-order valence-electron chi connectivity index (χ3n) is 3.25. The first kappa shape index (κ1) is 11.8. The van der Waals surface area contributed by atoms with Crippen LogP contribution in [-0.2, 0) is 6.54 Å². The predicted octanol–water partition coefficient (Wildman–Crippen LogP) is 3.70. The highest BCUT2D eigenvalue weighted by Gasteiger charge is 2.11. The molecule has 0 aliphatic heterocycles. The van der Waals surface area contributed by atoms with Crippen LogP contribution < -0.4 is 5.73 Å². The number of nitrogens with zero attached hydrogens (tertiary/aromatic N) is 2. The summed E-state index contributed by atoms with van der Waals surface area (Å²) in [5.41, 5.74) is 9.94. The Morgan fingerprint density at radius 2 is 1.95 bits per heavy atom. The van der Waals surface area contributed by atoms with Crippen molar-refractivity contribution in [2.75, 3.05) is 5.73 Å². The molecule has 0 saturated carbocycles. The lowest BCUT2D eigenvalue weighted by Gasteiger charge is -2.08. The minimum atomic E-state index is 0.771. The summed E-state index contributed by atoms with van der Waals surface area (Å²) in [5, 5.41) is 0. The third-order valence-corrected chi connectivity index (χ3v) is 3.25. The molecule has 0 spiro atoms.